The Kier molecular flexibility index (Phi) is 4.56. The summed E-state index contributed by atoms with van der Waals surface area (Å²) in [5, 5.41) is 6.21. The van der Waals surface area contributed by atoms with E-state index in [4.69, 9.17) is 4.74 Å². The highest BCUT2D eigenvalue weighted by Crippen LogP contribution is 2.24. The first-order chi connectivity index (χ1) is 9.20. The molecule has 0 saturated carbocycles. The normalized spacial score (nSPS) is 18.0. The molecule has 4 heteroatoms. The maximum atomic E-state index is 12.4. The summed E-state index contributed by atoms with van der Waals surface area (Å²) in [6.45, 7) is 3.74. The Morgan fingerprint density at radius 3 is 2.47 bits per heavy atom. The molecule has 1 heterocycles. The Hall–Kier alpha value is -1.39. The summed E-state index contributed by atoms with van der Waals surface area (Å²) in [6.07, 6.45) is 2.42. The number of amides is 1. The van der Waals surface area contributed by atoms with Gasteiger partial charge in [-0.3, -0.25) is 4.79 Å². The van der Waals surface area contributed by atoms with Gasteiger partial charge in [0.1, 0.15) is 5.60 Å². The van der Waals surface area contributed by atoms with Crippen molar-refractivity contribution in [1.82, 2.24) is 5.32 Å². The summed E-state index contributed by atoms with van der Waals surface area (Å²) in [5.74, 6) is -0.0410. The molecule has 104 valence electrons. The van der Waals surface area contributed by atoms with Crippen molar-refractivity contribution < 1.29 is 9.53 Å². The van der Waals surface area contributed by atoms with Crippen LogP contribution in [0.4, 0.5) is 5.69 Å². The van der Waals surface area contributed by atoms with Gasteiger partial charge < -0.3 is 15.4 Å². The number of anilines is 1. The predicted molar refractivity (Wildman–Crippen MR) is 76.3 cm³/mol. The number of methoxy groups -OCH3 is 1. The molecule has 1 amide bonds. The Labute approximate surface area is 114 Å². The van der Waals surface area contributed by atoms with Gasteiger partial charge in [0.25, 0.3) is 5.91 Å². The van der Waals surface area contributed by atoms with Crippen LogP contribution in [0.2, 0.25) is 0 Å². The first-order valence-corrected chi connectivity index (χ1v) is 6.86. The number of rotatable bonds is 4. The van der Waals surface area contributed by atoms with Gasteiger partial charge in [0, 0.05) is 12.8 Å². The molecule has 0 bridgehead atoms. The lowest BCUT2D eigenvalue weighted by Gasteiger charge is -2.34. The fraction of sp³-hybridized carbons (Fsp3) is 0.533. The fourth-order valence-corrected chi connectivity index (χ4v) is 2.42. The molecule has 1 aliphatic rings. The van der Waals surface area contributed by atoms with Gasteiger partial charge in [0.05, 0.1) is 0 Å². The van der Waals surface area contributed by atoms with Crippen molar-refractivity contribution in [3.63, 3.8) is 0 Å². The van der Waals surface area contributed by atoms with Gasteiger partial charge in [-0.05, 0) is 50.0 Å². The maximum Gasteiger partial charge on any atom is 0.256 e. The van der Waals surface area contributed by atoms with Crippen LogP contribution in [0.5, 0.6) is 0 Å². The highest BCUT2D eigenvalue weighted by atomic mass is 16.5. The number of benzene rings is 1. The first-order valence-electron chi connectivity index (χ1n) is 6.86. The minimum absolute atomic E-state index is 0.0410. The number of ether oxygens (including phenoxy) is 1. The second-order valence-corrected chi connectivity index (χ2v) is 4.95. The van der Waals surface area contributed by atoms with Gasteiger partial charge in [-0.2, -0.15) is 0 Å². The van der Waals surface area contributed by atoms with Crippen LogP contribution in [0.25, 0.3) is 0 Å². The highest BCUT2D eigenvalue weighted by molar-refractivity contribution is 5.97. The largest absolute Gasteiger partial charge is 0.368 e. The molecule has 1 saturated heterocycles. The lowest BCUT2D eigenvalue weighted by Crippen LogP contribution is -2.51. The molecule has 4 nitrogen and oxygen atoms in total. The number of piperidine rings is 1. The van der Waals surface area contributed by atoms with Gasteiger partial charge in [-0.25, -0.2) is 0 Å². The molecule has 19 heavy (non-hydrogen) atoms. The van der Waals surface area contributed by atoms with Crippen molar-refractivity contribution in [2.45, 2.75) is 31.8 Å². The fourth-order valence-electron chi connectivity index (χ4n) is 2.42. The lowest BCUT2D eigenvalue weighted by atomic mass is 9.91. The van der Waals surface area contributed by atoms with Gasteiger partial charge in [-0.1, -0.05) is 19.1 Å². The SMILES string of the molecule is CCc1ccc(NC(=O)C2(OC)CCNCC2)cc1. The van der Waals surface area contributed by atoms with Gasteiger partial charge in [-0.15, -0.1) is 0 Å². The van der Waals surface area contributed by atoms with Gasteiger partial charge in [0.2, 0.25) is 0 Å². The average Bonchev–Trinajstić information content (AvgIpc) is 2.48. The number of carbonyl (C=O) groups excluding carboxylic acids is 1. The standard InChI is InChI=1S/C15H22N2O2/c1-3-12-4-6-13(7-5-12)17-14(18)15(19-2)8-10-16-11-9-15/h4-7,16H,3,8-11H2,1-2H3,(H,17,18). The van der Waals surface area contributed by atoms with E-state index in [-0.39, 0.29) is 5.91 Å². The average molecular weight is 262 g/mol. The van der Waals surface area contributed by atoms with E-state index < -0.39 is 5.60 Å². The molecule has 0 unspecified atom stereocenters. The molecular formula is C15H22N2O2. The van der Waals surface area contributed by atoms with Gasteiger partial charge >= 0.3 is 0 Å². The molecule has 0 spiro atoms. The van der Waals surface area contributed by atoms with Crippen LogP contribution in [0.1, 0.15) is 25.3 Å². The van der Waals surface area contributed by atoms with Crippen LogP contribution >= 0.6 is 0 Å². The Morgan fingerprint density at radius 1 is 1.32 bits per heavy atom. The van der Waals surface area contributed by atoms with E-state index in [0.717, 1.165) is 25.2 Å². The van der Waals surface area contributed by atoms with Gasteiger partial charge in [0.15, 0.2) is 0 Å². The molecular weight excluding hydrogens is 240 g/mol. The van der Waals surface area contributed by atoms with Crippen molar-refractivity contribution in [1.29, 1.82) is 0 Å². The Balaban J connectivity index is 2.05. The summed E-state index contributed by atoms with van der Waals surface area (Å²) < 4.78 is 5.51. The van der Waals surface area contributed by atoms with Crippen molar-refractivity contribution >= 4 is 11.6 Å². The number of aryl methyl sites for hydroxylation is 1. The maximum absolute atomic E-state index is 12.4. The third-order valence-electron chi connectivity index (χ3n) is 3.84. The van der Waals surface area contributed by atoms with E-state index in [1.165, 1.54) is 5.56 Å². The third-order valence-corrected chi connectivity index (χ3v) is 3.84. The molecule has 1 fully saturated rings. The van der Waals surface area contributed by atoms with Crippen LogP contribution in [-0.2, 0) is 16.0 Å². The van der Waals surface area contributed by atoms with E-state index >= 15 is 0 Å². The van der Waals surface area contributed by atoms with E-state index in [1.807, 2.05) is 24.3 Å². The lowest BCUT2D eigenvalue weighted by molar-refractivity contribution is -0.140. The third kappa shape index (κ3) is 3.14. The summed E-state index contributed by atoms with van der Waals surface area (Å²) in [4.78, 5) is 12.4. The zero-order valence-electron chi connectivity index (χ0n) is 11.7. The van der Waals surface area contributed by atoms with Crippen molar-refractivity contribution in [3.8, 4) is 0 Å². The predicted octanol–water partition coefficient (Wildman–Crippen LogP) is 1.96. The zero-order valence-corrected chi connectivity index (χ0v) is 11.7. The van der Waals surface area contributed by atoms with Crippen LogP contribution in [0.15, 0.2) is 24.3 Å². The highest BCUT2D eigenvalue weighted by Gasteiger charge is 2.39. The van der Waals surface area contributed by atoms with E-state index in [2.05, 4.69) is 17.6 Å². The number of hydrogen-bond acceptors (Lipinski definition) is 3. The topological polar surface area (TPSA) is 50.4 Å². The molecule has 1 aromatic carbocycles. The molecule has 2 N–H and O–H groups in total. The second kappa shape index (κ2) is 6.17. The van der Waals surface area contributed by atoms with E-state index in [0.29, 0.717) is 12.8 Å². The summed E-state index contributed by atoms with van der Waals surface area (Å²) >= 11 is 0. The van der Waals surface area contributed by atoms with E-state index in [9.17, 15) is 4.79 Å². The second-order valence-electron chi connectivity index (χ2n) is 4.95. The molecule has 0 atom stereocenters. The van der Waals surface area contributed by atoms with Crippen LogP contribution < -0.4 is 10.6 Å². The minimum atomic E-state index is -0.686. The van der Waals surface area contributed by atoms with Crippen molar-refractivity contribution in [2.24, 2.45) is 0 Å². The number of carbonyl (C=O) groups is 1. The van der Waals surface area contributed by atoms with Crippen molar-refractivity contribution in [2.75, 3.05) is 25.5 Å². The number of hydrogen-bond donors (Lipinski definition) is 2. The Bertz CT molecular complexity index is 422. The number of nitrogens with one attached hydrogen (secondary N) is 2. The molecule has 0 aromatic heterocycles. The van der Waals surface area contributed by atoms with Crippen LogP contribution in [0.3, 0.4) is 0 Å². The summed E-state index contributed by atoms with van der Waals surface area (Å²) in [6, 6.07) is 7.97. The molecule has 0 aliphatic carbocycles. The zero-order chi connectivity index (χ0) is 13.7. The molecule has 0 radical (unpaired) electrons. The monoisotopic (exact) mass is 262 g/mol. The van der Waals surface area contributed by atoms with Crippen molar-refractivity contribution in [3.05, 3.63) is 29.8 Å². The molecule has 1 aliphatic heterocycles. The smallest absolute Gasteiger partial charge is 0.256 e. The Morgan fingerprint density at radius 2 is 1.95 bits per heavy atom. The quantitative estimate of drug-likeness (QED) is 0.872. The molecule has 2 rings (SSSR count). The summed E-state index contributed by atoms with van der Waals surface area (Å²) in [5.41, 5.74) is 1.41. The summed E-state index contributed by atoms with van der Waals surface area (Å²) in [7, 11) is 1.62. The first kappa shape index (κ1) is 14.0. The minimum Gasteiger partial charge on any atom is -0.368 e. The van der Waals surface area contributed by atoms with E-state index in [1.54, 1.807) is 7.11 Å². The van der Waals surface area contributed by atoms with Crippen LogP contribution in [0, 0.1) is 0 Å². The molecule has 1 aromatic rings. The van der Waals surface area contributed by atoms with Crippen LogP contribution in [-0.4, -0.2) is 31.7 Å².